The summed E-state index contributed by atoms with van der Waals surface area (Å²) in [5.41, 5.74) is 4.20. The number of nitrogens with zero attached hydrogens (tertiary/aromatic N) is 1. The highest BCUT2D eigenvalue weighted by molar-refractivity contribution is 7.90. The molecule has 1 fully saturated rings. The molecule has 39 heavy (non-hydrogen) atoms. The topological polar surface area (TPSA) is 85.3 Å². The molecule has 0 aliphatic carbocycles. The average Bonchev–Trinajstić information content (AvgIpc) is 2.92. The number of morpholine rings is 1. The van der Waals surface area contributed by atoms with Crippen LogP contribution in [-0.4, -0.2) is 63.1 Å². The van der Waals surface area contributed by atoms with E-state index in [1.54, 1.807) is 36.4 Å². The lowest BCUT2D eigenvalue weighted by Gasteiger charge is -2.35. The van der Waals surface area contributed by atoms with Crippen LogP contribution in [0.4, 0.5) is 0 Å². The SMILES string of the molecule is CC1=C(c2cccc(S(C)(=O)=O)c2)C(c2ccc(OC[C@H](C)N3CCO[C@@H](C)C3)cc2)Oc2ccc(O)cc21. The first-order valence-electron chi connectivity index (χ1n) is 13.2. The number of phenolic OH excluding ortho intramolecular Hbond substituents is 1. The monoisotopic (exact) mass is 549 g/mol. The number of rotatable bonds is 7. The maximum absolute atomic E-state index is 12.3. The third kappa shape index (κ3) is 5.98. The summed E-state index contributed by atoms with van der Waals surface area (Å²) in [4.78, 5) is 2.63. The summed E-state index contributed by atoms with van der Waals surface area (Å²) in [5.74, 6) is 1.57. The second kappa shape index (κ2) is 11.0. The Hall–Kier alpha value is -3.33. The highest BCUT2D eigenvalue weighted by atomic mass is 32.2. The van der Waals surface area contributed by atoms with Crippen LogP contribution in [0.5, 0.6) is 17.2 Å². The molecule has 0 saturated carbocycles. The van der Waals surface area contributed by atoms with Gasteiger partial charge in [0.1, 0.15) is 30.0 Å². The first kappa shape index (κ1) is 27.2. The predicted molar refractivity (Wildman–Crippen MR) is 152 cm³/mol. The molecule has 0 spiro atoms. The van der Waals surface area contributed by atoms with Crippen molar-refractivity contribution in [3.63, 3.8) is 0 Å². The zero-order chi connectivity index (χ0) is 27.7. The Morgan fingerprint density at radius 3 is 2.59 bits per heavy atom. The molecule has 0 radical (unpaired) electrons. The molecule has 3 aromatic carbocycles. The summed E-state index contributed by atoms with van der Waals surface area (Å²) < 4.78 is 42.9. The molecule has 206 valence electrons. The van der Waals surface area contributed by atoms with E-state index in [0.29, 0.717) is 12.4 Å². The van der Waals surface area contributed by atoms with Crippen molar-refractivity contribution in [2.45, 2.75) is 43.9 Å². The van der Waals surface area contributed by atoms with Crippen molar-refractivity contribution in [1.82, 2.24) is 4.90 Å². The van der Waals surface area contributed by atoms with E-state index in [0.717, 1.165) is 53.3 Å². The van der Waals surface area contributed by atoms with E-state index in [1.165, 1.54) is 6.26 Å². The number of benzene rings is 3. The van der Waals surface area contributed by atoms with Gasteiger partial charge in [-0.2, -0.15) is 0 Å². The number of allylic oxidation sites excluding steroid dienone is 1. The smallest absolute Gasteiger partial charge is 0.175 e. The predicted octanol–water partition coefficient (Wildman–Crippen LogP) is 5.35. The molecule has 1 N–H and O–H groups in total. The van der Waals surface area contributed by atoms with E-state index in [2.05, 4.69) is 18.7 Å². The van der Waals surface area contributed by atoms with Crippen molar-refractivity contribution in [3.05, 3.63) is 83.4 Å². The summed E-state index contributed by atoms with van der Waals surface area (Å²) in [6.07, 6.45) is 0.961. The van der Waals surface area contributed by atoms with Gasteiger partial charge in [0.25, 0.3) is 0 Å². The van der Waals surface area contributed by atoms with Crippen molar-refractivity contribution < 1.29 is 27.7 Å². The fourth-order valence-corrected chi connectivity index (χ4v) is 5.91. The summed E-state index contributed by atoms with van der Waals surface area (Å²) in [7, 11) is -3.39. The van der Waals surface area contributed by atoms with Crippen LogP contribution in [0.15, 0.2) is 71.6 Å². The van der Waals surface area contributed by atoms with Gasteiger partial charge in [-0.05, 0) is 79.9 Å². The Kier molecular flexibility index (Phi) is 7.71. The molecule has 2 aliphatic rings. The number of hydrogen-bond acceptors (Lipinski definition) is 7. The van der Waals surface area contributed by atoms with Gasteiger partial charge in [0.15, 0.2) is 9.84 Å². The lowest BCUT2D eigenvalue weighted by Crippen LogP contribution is -2.47. The van der Waals surface area contributed by atoms with Gasteiger partial charge in [-0.1, -0.05) is 24.3 Å². The molecule has 5 rings (SSSR count). The van der Waals surface area contributed by atoms with Gasteiger partial charge < -0.3 is 19.3 Å². The number of ether oxygens (including phenoxy) is 3. The minimum Gasteiger partial charge on any atom is -0.508 e. The number of sulfone groups is 1. The molecule has 2 aliphatic heterocycles. The molecule has 2 heterocycles. The van der Waals surface area contributed by atoms with E-state index >= 15 is 0 Å². The van der Waals surface area contributed by atoms with E-state index in [9.17, 15) is 13.5 Å². The third-order valence-electron chi connectivity index (χ3n) is 7.42. The molecule has 0 aromatic heterocycles. The van der Waals surface area contributed by atoms with Crippen LogP contribution < -0.4 is 9.47 Å². The highest BCUT2D eigenvalue weighted by Crippen LogP contribution is 2.47. The van der Waals surface area contributed by atoms with Gasteiger partial charge in [-0.25, -0.2) is 8.42 Å². The molecule has 8 heteroatoms. The molecule has 3 aromatic rings. The summed E-state index contributed by atoms with van der Waals surface area (Å²) in [6.45, 7) is 9.36. The quantitative estimate of drug-likeness (QED) is 0.425. The Morgan fingerprint density at radius 2 is 1.87 bits per heavy atom. The minimum absolute atomic E-state index is 0.140. The van der Waals surface area contributed by atoms with Gasteiger partial charge in [0.05, 0.1) is 17.6 Å². The highest BCUT2D eigenvalue weighted by Gasteiger charge is 2.30. The van der Waals surface area contributed by atoms with Crippen molar-refractivity contribution in [2.75, 3.05) is 32.6 Å². The number of phenols is 1. The van der Waals surface area contributed by atoms with Gasteiger partial charge >= 0.3 is 0 Å². The molecule has 0 bridgehead atoms. The van der Waals surface area contributed by atoms with E-state index in [-0.39, 0.29) is 22.8 Å². The van der Waals surface area contributed by atoms with E-state index in [4.69, 9.17) is 14.2 Å². The number of aromatic hydroxyl groups is 1. The van der Waals surface area contributed by atoms with Crippen LogP contribution in [0.3, 0.4) is 0 Å². The molecule has 1 saturated heterocycles. The number of fused-ring (bicyclic) bond motifs is 1. The van der Waals surface area contributed by atoms with Crippen LogP contribution in [0.25, 0.3) is 11.1 Å². The zero-order valence-electron chi connectivity index (χ0n) is 22.8. The molecule has 0 amide bonds. The Bertz CT molecular complexity index is 1480. The molecular weight excluding hydrogens is 514 g/mol. The summed E-state index contributed by atoms with van der Waals surface area (Å²) in [6, 6.07) is 20.1. The van der Waals surface area contributed by atoms with Crippen molar-refractivity contribution in [2.24, 2.45) is 0 Å². The largest absolute Gasteiger partial charge is 0.508 e. The average molecular weight is 550 g/mol. The lowest BCUT2D eigenvalue weighted by atomic mass is 9.86. The van der Waals surface area contributed by atoms with Crippen LogP contribution in [0, 0.1) is 0 Å². The van der Waals surface area contributed by atoms with Crippen LogP contribution >= 0.6 is 0 Å². The Labute approximate surface area is 230 Å². The van der Waals surface area contributed by atoms with Crippen molar-refractivity contribution >= 4 is 21.0 Å². The van der Waals surface area contributed by atoms with Gasteiger partial charge in [0.2, 0.25) is 0 Å². The summed E-state index contributed by atoms with van der Waals surface area (Å²) >= 11 is 0. The van der Waals surface area contributed by atoms with Crippen LogP contribution in [-0.2, 0) is 14.6 Å². The van der Waals surface area contributed by atoms with Crippen molar-refractivity contribution in [3.8, 4) is 17.2 Å². The van der Waals surface area contributed by atoms with Crippen LogP contribution in [0.1, 0.15) is 43.6 Å². The summed E-state index contributed by atoms with van der Waals surface area (Å²) in [5, 5.41) is 10.1. The fraction of sp³-hybridized carbons (Fsp3) is 0.355. The molecular formula is C31H35NO6S. The first-order chi connectivity index (χ1) is 18.6. The second-order valence-corrected chi connectivity index (χ2v) is 12.4. The normalized spacial score (nSPS) is 20.7. The molecule has 1 unspecified atom stereocenters. The van der Waals surface area contributed by atoms with E-state index in [1.807, 2.05) is 37.3 Å². The third-order valence-corrected chi connectivity index (χ3v) is 8.53. The maximum atomic E-state index is 12.3. The minimum atomic E-state index is -3.39. The molecule has 7 nitrogen and oxygen atoms in total. The standard InChI is InChI=1S/C31H35NO6S/c1-20(32-14-15-36-21(2)18-32)19-37-26-11-8-23(9-12-26)31-30(24-6-5-7-27(16-24)39(4,34)35)22(3)28-17-25(33)10-13-29(28)38-31/h5-13,16-17,20-21,31,33H,14-15,18-19H2,1-4H3/t20-,21-,31?/m0/s1. The van der Waals surface area contributed by atoms with Crippen molar-refractivity contribution in [1.29, 1.82) is 0 Å². The van der Waals surface area contributed by atoms with Gasteiger partial charge in [-0.3, -0.25) is 4.90 Å². The molecule has 3 atom stereocenters. The maximum Gasteiger partial charge on any atom is 0.175 e. The van der Waals surface area contributed by atoms with Crippen LogP contribution in [0.2, 0.25) is 0 Å². The Balaban J connectivity index is 1.43. The van der Waals surface area contributed by atoms with Gasteiger partial charge in [0, 0.05) is 36.5 Å². The lowest BCUT2D eigenvalue weighted by molar-refractivity contribution is -0.0372. The number of hydrogen-bond donors (Lipinski definition) is 1. The fourth-order valence-electron chi connectivity index (χ4n) is 5.25. The second-order valence-electron chi connectivity index (χ2n) is 10.4. The van der Waals surface area contributed by atoms with E-state index < -0.39 is 15.9 Å². The van der Waals surface area contributed by atoms with Gasteiger partial charge in [-0.15, -0.1) is 0 Å². The zero-order valence-corrected chi connectivity index (χ0v) is 23.6. The first-order valence-corrected chi connectivity index (χ1v) is 15.1. The Morgan fingerprint density at radius 1 is 1.10 bits per heavy atom.